The molecule has 0 radical (unpaired) electrons. The predicted molar refractivity (Wildman–Crippen MR) is 74.5 cm³/mol. The van der Waals surface area contributed by atoms with Crippen molar-refractivity contribution in [3.8, 4) is 0 Å². The Hall–Kier alpha value is -0.130. The maximum atomic E-state index is 11.6. The molecule has 0 spiro atoms. The fraction of sp³-hybridized carbons (Fsp3) is 1.00. The molecule has 18 heavy (non-hydrogen) atoms. The summed E-state index contributed by atoms with van der Waals surface area (Å²) in [5, 5.41) is 3.50. The molecule has 0 saturated carbocycles. The molecule has 0 bridgehead atoms. The fourth-order valence-electron chi connectivity index (χ4n) is 3.47. The molecule has 2 fully saturated rings. The predicted octanol–water partition coefficient (Wildman–Crippen LogP) is 1.03. The average molecular weight is 274 g/mol. The molecule has 2 aliphatic rings. The van der Waals surface area contributed by atoms with Crippen LogP contribution in [0, 0.1) is 0 Å². The summed E-state index contributed by atoms with van der Waals surface area (Å²) in [7, 11) is -2.77. The summed E-state index contributed by atoms with van der Waals surface area (Å²) < 4.78 is 23.3. The lowest BCUT2D eigenvalue weighted by Crippen LogP contribution is -2.55. The molecule has 2 heterocycles. The van der Waals surface area contributed by atoms with Crippen molar-refractivity contribution in [2.45, 2.75) is 57.7 Å². The second kappa shape index (κ2) is 5.88. The van der Waals surface area contributed by atoms with Gasteiger partial charge in [0.05, 0.1) is 11.5 Å². The Balaban J connectivity index is 2.04. The molecule has 0 aromatic heterocycles. The first-order valence-electron chi connectivity index (χ1n) is 7.23. The SMILES string of the molecule is CCNC(C)C1CCCCN1C1CCS(=O)(=O)C1. The minimum Gasteiger partial charge on any atom is -0.313 e. The molecule has 2 aliphatic heterocycles. The van der Waals surface area contributed by atoms with E-state index in [1.165, 1.54) is 19.3 Å². The third kappa shape index (κ3) is 3.25. The number of hydrogen-bond donors (Lipinski definition) is 1. The summed E-state index contributed by atoms with van der Waals surface area (Å²) in [6.07, 6.45) is 4.52. The van der Waals surface area contributed by atoms with Crippen LogP contribution in [0.2, 0.25) is 0 Å². The largest absolute Gasteiger partial charge is 0.313 e. The van der Waals surface area contributed by atoms with Crippen LogP contribution in [0.5, 0.6) is 0 Å². The second-order valence-electron chi connectivity index (χ2n) is 5.70. The Morgan fingerprint density at radius 1 is 1.33 bits per heavy atom. The van der Waals surface area contributed by atoms with E-state index in [9.17, 15) is 8.42 Å². The zero-order valence-electron chi connectivity index (χ0n) is 11.6. The fourth-order valence-corrected chi connectivity index (χ4v) is 5.21. The lowest BCUT2D eigenvalue weighted by Gasteiger charge is -2.42. The van der Waals surface area contributed by atoms with Crippen LogP contribution in [-0.2, 0) is 9.84 Å². The number of piperidine rings is 1. The van der Waals surface area contributed by atoms with Gasteiger partial charge in [-0.05, 0) is 39.3 Å². The molecule has 0 aliphatic carbocycles. The summed E-state index contributed by atoms with van der Waals surface area (Å²) in [6.45, 7) is 6.41. The summed E-state index contributed by atoms with van der Waals surface area (Å²) in [5.41, 5.74) is 0. The zero-order valence-corrected chi connectivity index (χ0v) is 12.4. The number of sulfone groups is 1. The highest BCUT2D eigenvalue weighted by Crippen LogP contribution is 2.27. The van der Waals surface area contributed by atoms with Crippen LogP contribution in [0.3, 0.4) is 0 Å². The first kappa shape index (κ1) is 14.3. The van der Waals surface area contributed by atoms with Crippen molar-refractivity contribution in [3.05, 3.63) is 0 Å². The molecule has 2 saturated heterocycles. The van der Waals surface area contributed by atoms with Crippen LogP contribution < -0.4 is 5.32 Å². The van der Waals surface area contributed by atoms with Crippen molar-refractivity contribution in [2.24, 2.45) is 0 Å². The lowest BCUT2D eigenvalue weighted by atomic mass is 9.94. The quantitative estimate of drug-likeness (QED) is 0.832. The van der Waals surface area contributed by atoms with Gasteiger partial charge in [0.25, 0.3) is 0 Å². The Morgan fingerprint density at radius 3 is 2.72 bits per heavy atom. The maximum absolute atomic E-state index is 11.6. The van der Waals surface area contributed by atoms with E-state index in [1.54, 1.807) is 0 Å². The van der Waals surface area contributed by atoms with Gasteiger partial charge in [-0.15, -0.1) is 0 Å². The van der Waals surface area contributed by atoms with Crippen LogP contribution in [0.4, 0.5) is 0 Å². The van der Waals surface area contributed by atoms with Gasteiger partial charge in [0.15, 0.2) is 9.84 Å². The molecule has 5 heteroatoms. The van der Waals surface area contributed by atoms with Gasteiger partial charge < -0.3 is 5.32 Å². The minimum absolute atomic E-state index is 0.265. The molecule has 2 rings (SSSR count). The number of rotatable bonds is 4. The van der Waals surface area contributed by atoms with Crippen molar-refractivity contribution in [1.82, 2.24) is 10.2 Å². The first-order chi connectivity index (χ1) is 8.53. The lowest BCUT2D eigenvalue weighted by molar-refractivity contribution is 0.0833. The Morgan fingerprint density at radius 2 is 2.11 bits per heavy atom. The van der Waals surface area contributed by atoms with Gasteiger partial charge in [-0.3, -0.25) is 4.90 Å². The van der Waals surface area contributed by atoms with Gasteiger partial charge in [-0.25, -0.2) is 8.42 Å². The van der Waals surface area contributed by atoms with E-state index in [0.29, 0.717) is 23.6 Å². The van der Waals surface area contributed by atoms with Crippen molar-refractivity contribution in [3.63, 3.8) is 0 Å². The van der Waals surface area contributed by atoms with Gasteiger partial charge >= 0.3 is 0 Å². The molecule has 106 valence electrons. The van der Waals surface area contributed by atoms with E-state index < -0.39 is 9.84 Å². The normalized spacial score (nSPS) is 34.6. The van der Waals surface area contributed by atoms with E-state index in [0.717, 1.165) is 19.5 Å². The highest BCUT2D eigenvalue weighted by molar-refractivity contribution is 7.91. The summed E-state index contributed by atoms with van der Waals surface area (Å²) in [6, 6.07) is 1.23. The highest BCUT2D eigenvalue weighted by atomic mass is 32.2. The Kier molecular flexibility index (Phi) is 4.67. The molecule has 0 aromatic carbocycles. The maximum Gasteiger partial charge on any atom is 0.151 e. The van der Waals surface area contributed by atoms with E-state index >= 15 is 0 Å². The Bertz CT molecular complexity index is 369. The number of hydrogen-bond acceptors (Lipinski definition) is 4. The van der Waals surface area contributed by atoms with Gasteiger partial charge in [0, 0.05) is 18.1 Å². The zero-order chi connectivity index (χ0) is 13.2. The average Bonchev–Trinajstić information content (AvgIpc) is 2.70. The molecule has 0 amide bonds. The molecular weight excluding hydrogens is 248 g/mol. The molecular formula is C13H26N2O2S. The summed E-state index contributed by atoms with van der Waals surface area (Å²) in [5.74, 6) is 0.763. The monoisotopic (exact) mass is 274 g/mol. The van der Waals surface area contributed by atoms with Gasteiger partial charge in [0.2, 0.25) is 0 Å². The van der Waals surface area contributed by atoms with Crippen LogP contribution in [0.1, 0.15) is 39.5 Å². The van der Waals surface area contributed by atoms with E-state index in [-0.39, 0.29) is 6.04 Å². The molecule has 1 N–H and O–H groups in total. The van der Waals surface area contributed by atoms with Gasteiger partial charge in [-0.2, -0.15) is 0 Å². The van der Waals surface area contributed by atoms with E-state index in [4.69, 9.17) is 0 Å². The minimum atomic E-state index is -2.77. The van der Waals surface area contributed by atoms with Crippen molar-refractivity contribution in [2.75, 3.05) is 24.6 Å². The smallest absolute Gasteiger partial charge is 0.151 e. The van der Waals surface area contributed by atoms with Crippen LogP contribution >= 0.6 is 0 Å². The van der Waals surface area contributed by atoms with Crippen molar-refractivity contribution >= 4 is 9.84 Å². The van der Waals surface area contributed by atoms with Crippen molar-refractivity contribution < 1.29 is 8.42 Å². The number of nitrogens with zero attached hydrogens (tertiary/aromatic N) is 1. The molecule has 3 atom stereocenters. The topological polar surface area (TPSA) is 49.4 Å². The molecule has 4 nitrogen and oxygen atoms in total. The number of likely N-dealkylation sites (tertiary alicyclic amines) is 1. The number of nitrogens with one attached hydrogen (secondary N) is 1. The van der Waals surface area contributed by atoms with Gasteiger partial charge in [-0.1, -0.05) is 13.3 Å². The van der Waals surface area contributed by atoms with E-state index in [2.05, 4.69) is 24.1 Å². The second-order valence-corrected chi connectivity index (χ2v) is 7.93. The molecule has 0 aromatic rings. The summed E-state index contributed by atoms with van der Waals surface area (Å²) in [4.78, 5) is 2.47. The third-order valence-corrected chi connectivity index (χ3v) is 6.12. The Labute approximate surface area is 111 Å². The standard InChI is InChI=1S/C13H26N2O2S/c1-3-14-11(2)13-6-4-5-8-15(13)12-7-9-18(16,17)10-12/h11-14H,3-10H2,1-2H3. The molecule has 3 unspecified atom stereocenters. The first-order valence-corrected chi connectivity index (χ1v) is 9.05. The van der Waals surface area contributed by atoms with Crippen LogP contribution in [0.25, 0.3) is 0 Å². The third-order valence-electron chi connectivity index (χ3n) is 4.37. The summed E-state index contributed by atoms with van der Waals surface area (Å²) >= 11 is 0. The van der Waals surface area contributed by atoms with Crippen LogP contribution in [0.15, 0.2) is 0 Å². The van der Waals surface area contributed by atoms with Crippen molar-refractivity contribution in [1.29, 1.82) is 0 Å². The van der Waals surface area contributed by atoms with Crippen LogP contribution in [-0.4, -0.2) is 56.0 Å². The number of likely N-dealkylation sites (N-methyl/N-ethyl adjacent to an activating group) is 1. The van der Waals surface area contributed by atoms with E-state index in [1.807, 2.05) is 0 Å². The highest BCUT2D eigenvalue weighted by Gasteiger charge is 2.37. The van der Waals surface area contributed by atoms with Gasteiger partial charge in [0.1, 0.15) is 0 Å².